The van der Waals surface area contributed by atoms with Crippen LogP contribution in [-0.2, 0) is 18.3 Å². The molecule has 0 amide bonds. The summed E-state index contributed by atoms with van der Waals surface area (Å²) in [4.78, 5) is 0. The van der Waals surface area contributed by atoms with Gasteiger partial charge in [0.25, 0.3) is 0 Å². The molecule has 4 nitrogen and oxygen atoms in total. The van der Waals surface area contributed by atoms with E-state index in [1.165, 1.54) is 6.26 Å². The summed E-state index contributed by atoms with van der Waals surface area (Å²) in [5.41, 5.74) is 0. The van der Waals surface area contributed by atoms with Gasteiger partial charge in [-0.25, -0.2) is 0 Å². The molecule has 0 rings (SSSR count). The molecule has 88 valence electrons. The molecule has 0 atom stereocenters. The van der Waals surface area contributed by atoms with Gasteiger partial charge in [-0.3, -0.25) is 0 Å². The maximum absolute atomic E-state index is 5.60. The average molecular weight is 233 g/mol. The third kappa shape index (κ3) is 9.80. The topological polar surface area (TPSA) is 36.9 Å². The zero-order valence-corrected chi connectivity index (χ0v) is 10.8. The van der Waals surface area contributed by atoms with Crippen molar-refractivity contribution in [2.45, 2.75) is 20.0 Å². The lowest BCUT2D eigenvalue weighted by molar-refractivity contribution is 0.101. The van der Waals surface area contributed by atoms with Crippen LogP contribution in [0.3, 0.4) is 0 Å². The van der Waals surface area contributed by atoms with Crippen molar-refractivity contribution in [3.63, 3.8) is 0 Å². The van der Waals surface area contributed by atoms with E-state index in [1.807, 2.05) is 20.0 Å². The van der Waals surface area contributed by atoms with Crippen LogP contribution in [0, 0.1) is 6.61 Å². The molecule has 0 saturated carbocycles. The molecule has 0 spiro atoms. The summed E-state index contributed by atoms with van der Waals surface area (Å²) in [6.45, 7) is 13.1. The minimum Gasteiger partial charge on any atom is -0.499 e. The van der Waals surface area contributed by atoms with E-state index in [0.29, 0.717) is 26.4 Å². The van der Waals surface area contributed by atoms with Crippen molar-refractivity contribution in [3.05, 3.63) is 19.4 Å². The summed E-state index contributed by atoms with van der Waals surface area (Å²) in [6.07, 6.45) is 1.41. The molecule has 0 heterocycles. The molecule has 5 heteroatoms. The maximum Gasteiger partial charge on any atom is 0.331 e. The van der Waals surface area contributed by atoms with E-state index in [-0.39, 0.29) is 0 Å². The van der Waals surface area contributed by atoms with Crippen molar-refractivity contribution in [3.8, 4) is 0 Å². The zero-order valence-electron chi connectivity index (χ0n) is 9.82. The molecule has 15 heavy (non-hydrogen) atoms. The van der Waals surface area contributed by atoms with Crippen molar-refractivity contribution < 1.29 is 18.3 Å². The highest BCUT2D eigenvalue weighted by Crippen LogP contribution is 2.05. The van der Waals surface area contributed by atoms with Gasteiger partial charge in [0.1, 0.15) is 20.1 Å². The second-order valence-electron chi connectivity index (χ2n) is 3.24. The molecule has 0 aliphatic rings. The molecule has 0 saturated heterocycles. The minimum atomic E-state index is -2.01. The first-order valence-electron chi connectivity index (χ1n) is 5.02. The van der Waals surface area contributed by atoms with Gasteiger partial charge in [0.2, 0.25) is 6.61 Å². The smallest absolute Gasteiger partial charge is 0.331 e. The number of rotatable bonds is 10. The molecule has 0 N–H and O–H groups in total. The van der Waals surface area contributed by atoms with Gasteiger partial charge < -0.3 is 13.6 Å². The van der Waals surface area contributed by atoms with Crippen molar-refractivity contribution >= 4 is 8.56 Å². The Hall–Kier alpha value is -0.493. The lowest BCUT2D eigenvalue weighted by Crippen LogP contribution is -2.37. The monoisotopic (exact) mass is 233 g/mol. The summed E-state index contributed by atoms with van der Waals surface area (Å²) in [7, 11) is -2.01. The first-order valence-corrected chi connectivity index (χ1v) is 7.84. The van der Waals surface area contributed by atoms with E-state index in [1.54, 1.807) is 6.61 Å². The molecule has 0 bridgehead atoms. The molecule has 0 aromatic rings. The molecule has 0 aliphatic carbocycles. The predicted molar refractivity (Wildman–Crippen MR) is 61.5 cm³/mol. The summed E-state index contributed by atoms with van der Waals surface area (Å²) in [5.74, 6) is 0. The quantitative estimate of drug-likeness (QED) is 0.250. The minimum absolute atomic E-state index is 0.516. The SMILES string of the molecule is C=COCCO[Si](C)(C)OCCO[CH+]C. The van der Waals surface area contributed by atoms with Gasteiger partial charge in [-0.05, 0) is 13.1 Å². The van der Waals surface area contributed by atoms with E-state index in [9.17, 15) is 0 Å². The van der Waals surface area contributed by atoms with Crippen LogP contribution in [0.1, 0.15) is 6.92 Å². The van der Waals surface area contributed by atoms with Gasteiger partial charge >= 0.3 is 8.56 Å². The molecule has 0 aromatic carbocycles. The van der Waals surface area contributed by atoms with Crippen LogP contribution >= 0.6 is 0 Å². The third-order valence-corrected chi connectivity index (χ3v) is 3.38. The van der Waals surface area contributed by atoms with Gasteiger partial charge in [-0.15, -0.1) is 0 Å². The van der Waals surface area contributed by atoms with Crippen LogP contribution in [0.25, 0.3) is 0 Å². The van der Waals surface area contributed by atoms with E-state index in [0.717, 1.165) is 0 Å². The fourth-order valence-corrected chi connectivity index (χ4v) is 2.15. The Bertz CT molecular complexity index is 162. The standard InChI is InChI=1S/C10H21O4Si/c1-5-11-7-9-13-15(3,4)14-10-8-12-6-2/h5-6H,1,7-10H2,2-4H3/q+1. The van der Waals surface area contributed by atoms with Crippen LogP contribution in [0.2, 0.25) is 13.1 Å². The Morgan fingerprint density at radius 3 is 2.27 bits per heavy atom. The molecular weight excluding hydrogens is 212 g/mol. The first-order chi connectivity index (χ1) is 7.12. The van der Waals surface area contributed by atoms with Crippen LogP contribution in [0.4, 0.5) is 0 Å². The number of hydrogen-bond donors (Lipinski definition) is 0. The average Bonchev–Trinajstić information content (AvgIpc) is 2.20. The van der Waals surface area contributed by atoms with Crippen LogP contribution < -0.4 is 0 Å². The van der Waals surface area contributed by atoms with Gasteiger partial charge in [-0.1, -0.05) is 6.58 Å². The van der Waals surface area contributed by atoms with Gasteiger partial charge in [-0.2, -0.15) is 4.74 Å². The lowest BCUT2D eigenvalue weighted by Gasteiger charge is -2.22. The molecule has 0 aliphatic heterocycles. The van der Waals surface area contributed by atoms with E-state index >= 15 is 0 Å². The zero-order chi connectivity index (χ0) is 11.6. The third-order valence-electron chi connectivity index (χ3n) is 1.59. The highest BCUT2D eigenvalue weighted by molar-refractivity contribution is 6.64. The Labute approximate surface area is 93.4 Å². The lowest BCUT2D eigenvalue weighted by atomic mass is 10.8. The Kier molecular flexibility index (Phi) is 8.50. The van der Waals surface area contributed by atoms with Crippen molar-refractivity contribution in [2.24, 2.45) is 0 Å². The summed E-state index contributed by atoms with van der Waals surface area (Å²) in [6, 6.07) is 0. The van der Waals surface area contributed by atoms with Gasteiger partial charge in [0.05, 0.1) is 19.5 Å². The predicted octanol–water partition coefficient (Wildman–Crippen LogP) is 2.08. The Morgan fingerprint density at radius 2 is 1.73 bits per heavy atom. The molecule has 0 fully saturated rings. The van der Waals surface area contributed by atoms with Gasteiger partial charge in [0.15, 0.2) is 0 Å². The summed E-state index contributed by atoms with van der Waals surface area (Å²) < 4.78 is 21.2. The summed E-state index contributed by atoms with van der Waals surface area (Å²) >= 11 is 0. The fourth-order valence-electron chi connectivity index (χ4n) is 0.914. The Balaban J connectivity index is 3.44. The highest BCUT2D eigenvalue weighted by Gasteiger charge is 2.24. The number of ether oxygens (including phenoxy) is 2. The first kappa shape index (κ1) is 14.5. The molecule has 0 radical (unpaired) electrons. The van der Waals surface area contributed by atoms with E-state index < -0.39 is 8.56 Å². The van der Waals surface area contributed by atoms with E-state index in [2.05, 4.69) is 6.58 Å². The summed E-state index contributed by atoms with van der Waals surface area (Å²) in [5, 5.41) is 0. The highest BCUT2D eigenvalue weighted by atomic mass is 28.4. The second kappa shape index (κ2) is 8.79. The van der Waals surface area contributed by atoms with Crippen molar-refractivity contribution in [1.29, 1.82) is 0 Å². The maximum atomic E-state index is 5.60. The molecule has 0 unspecified atom stereocenters. The molecular formula is C10H21O4Si+. The Morgan fingerprint density at radius 1 is 1.13 bits per heavy atom. The molecule has 0 aromatic heterocycles. The van der Waals surface area contributed by atoms with Crippen molar-refractivity contribution in [1.82, 2.24) is 0 Å². The van der Waals surface area contributed by atoms with Gasteiger partial charge in [0, 0.05) is 0 Å². The van der Waals surface area contributed by atoms with Crippen LogP contribution in [0.15, 0.2) is 12.8 Å². The largest absolute Gasteiger partial charge is 0.499 e. The van der Waals surface area contributed by atoms with E-state index in [4.69, 9.17) is 18.3 Å². The second-order valence-corrected chi connectivity index (χ2v) is 6.62. The number of hydrogen-bond acceptors (Lipinski definition) is 4. The van der Waals surface area contributed by atoms with Crippen LogP contribution in [-0.4, -0.2) is 35.0 Å². The fraction of sp³-hybridized carbons (Fsp3) is 0.700. The normalized spacial score (nSPS) is 11.1. The van der Waals surface area contributed by atoms with Crippen LogP contribution in [0.5, 0.6) is 0 Å². The van der Waals surface area contributed by atoms with Crippen molar-refractivity contribution in [2.75, 3.05) is 26.4 Å².